The normalized spacial score (nSPS) is 10.5. The quantitative estimate of drug-likeness (QED) is 0.521. The minimum atomic E-state index is 0.380. The third kappa shape index (κ3) is 0.637. The SMILES string of the molecule is Cc1cnc2onnc2n1. The van der Waals surface area contributed by atoms with Crippen molar-refractivity contribution in [2.24, 2.45) is 0 Å². The van der Waals surface area contributed by atoms with Crippen molar-refractivity contribution in [2.75, 3.05) is 0 Å². The van der Waals surface area contributed by atoms with Crippen molar-refractivity contribution in [1.82, 2.24) is 20.3 Å². The third-order valence-corrected chi connectivity index (χ3v) is 1.11. The van der Waals surface area contributed by atoms with Gasteiger partial charge in [0, 0.05) is 5.27 Å². The highest BCUT2D eigenvalue weighted by Crippen LogP contribution is 2.02. The minimum Gasteiger partial charge on any atom is -0.314 e. The Morgan fingerprint density at radius 3 is 3.30 bits per heavy atom. The number of hydrogen-bond donors (Lipinski definition) is 0. The van der Waals surface area contributed by atoms with Gasteiger partial charge in [-0.1, -0.05) is 5.10 Å². The van der Waals surface area contributed by atoms with Gasteiger partial charge in [0.2, 0.25) is 5.65 Å². The van der Waals surface area contributed by atoms with Crippen LogP contribution in [0.2, 0.25) is 0 Å². The van der Waals surface area contributed by atoms with Crippen LogP contribution in [0.25, 0.3) is 11.4 Å². The van der Waals surface area contributed by atoms with Gasteiger partial charge in [-0.15, -0.1) is 0 Å². The molecule has 0 aromatic carbocycles. The number of aromatic nitrogens is 4. The molecule has 2 rings (SSSR count). The number of fused-ring (bicyclic) bond motifs is 1. The van der Waals surface area contributed by atoms with Gasteiger partial charge in [-0.2, -0.15) is 0 Å². The molecule has 0 spiro atoms. The Bertz CT molecular complexity index is 355. The van der Waals surface area contributed by atoms with E-state index >= 15 is 0 Å². The maximum Gasteiger partial charge on any atom is 0.297 e. The highest BCUT2D eigenvalue weighted by atomic mass is 16.5. The van der Waals surface area contributed by atoms with Crippen molar-refractivity contribution in [3.8, 4) is 0 Å². The maximum atomic E-state index is 4.64. The molecule has 0 aliphatic heterocycles. The van der Waals surface area contributed by atoms with Crippen molar-refractivity contribution in [1.29, 1.82) is 0 Å². The van der Waals surface area contributed by atoms with Crippen LogP contribution in [0, 0.1) is 6.92 Å². The van der Waals surface area contributed by atoms with Gasteiger partial charge in [-0.05, 0) is 6.92 Å². The molecule has 0 aliphatic rings. The second-order valence-corrected chi connectivity index (χ2v) is 1.91. The van der Waals surface area contributed by atoms with E-state index in [4.69, 9.17) is 0 Å². The van der Waals surface area contributed by atoms with Crippen molar-refractivity contribution < 1.29 is 4.52 Å². The average molecular weight is 136 g/mol. The molecule has 2 aromatic heterocycles. The van der Waals surface area contributed by atoms with Crippen LogP contribution in [-0.2, 0) is 0 Å². The zero-order chi connectivity index (χ0) is 6.97. The monoisotopic (exact) mass is 136 g/mol. The lowest BCUT2D eigenvalue weighted by Gasteiger charge is -1.84. The summed E-state index contributed by atoms with van der Waals surface area (Å²) < 4.78 is 4.64. The van der Waals surface area contributed by atoms with Crippen LogP contribution in [0.5, 0.6) is 0 Å². The number of rotatable bonds is 0. The van der Waals surface area contributed by atoms with Crippen LogP contribution < -0.4 is 0 Å². The molecule has 0 saturated carbocycles. The van der Waals surface area contributed by atoms with Crippen molar-refractivity contribution in [3.63, 3.8) is 0 Å². The van der Waals surface area contributed by atoms with E-state index in [1.54, 1.807) is 6.20 Å². The average Bonchev–Trinajstić information content (AvgIpc) is 2.33. The number of aryl methyl sites for hydroxylation is 1. The first-order valence-electron chi connectivity index (χ1n) is 2.78. The summed E-state index contributed by atoms with van der Waals surface area (Å²) in [6.45, 7) is 1.83. The van der Waals surface area contributed by atoms with Crippen molar-refractivity contribution >= 4 is 11.4 Å². The standard InChI is InChI=1S/C5H4N4O/c1-3-2-6-5-4(7-3)8-9-10-5/h2H,1H3. The molecule has 0 amide bonds. The Morgan fingerprint density at radius 1 is 1.50 bits per heavy atom. The van der Waals surface area contributed by atoms with Crippen LogP contribution in [0.15, 0.2) is 10.7 Å². The number of hydrogen-bond acceptors (Lipinski definition) is 5. The van der Waals surface area contributed by atoms with Crippen LogP contribution >= 0.6 is 0 Å². The topological polar surface area (TPSA) is 64.7 Å². The summed E-state index contributed by atoms with van der Waals surface area (Å²) >= 11 is 0. The first kappa shape index (κ1) is 5.28. The fraction of sp³-hybridized carbons (Fsp3) is 0.200. The molecule has 5 nitrogen and oxygen atoms in total. The first-order valence-corrected chi connectivity index (χ1v) is 2.78. The second-order valence-electron chi connectivity index (χ2n) is 1.91. The van der Waals surface area contributed by atoms with Crippen LogP contribution in [-0.4, -0.2) is 20.3 Å². The zero-order valence-corrected chi connectivity index (χ0v) is 5.27. The lowest BCUT2D eigenvalue weighted by molar-refractivity contribution is 0.417. The van der Waals surface area contributed by atoms with Gasteiger partial charge in [0.15, 0.2) is 0 Å². The van der Waals surface area contributed by atoms with Crippen molar-refractivity contribution in [2.45, 2.75) is 6.92 Å². The zero-order valence-electron chi connectivity index (χ0n) is 5.27. The molecule has 0 fully saturated rings. The predicted molar refractivity (Wildman–Crippen MR) is 32.1 cm³/mol. The molecule has 2 heterocycles. The predicted octanol–water partition coefficient (Wildman–Crippen LogP) is 0.321. The van der Waals surface area contributed by atoms with Gasteiger partial charge in [0.25, 0.3) is 5.71 Å². The second kappa shape index (κ2) is 1.73. The van der Waals surface area contributed by atoms with Gasteiger partial charge in [0.1, 0.15) is 0 Å². The van der Waals surface area contributed by atoms with E-state index in [1.807, 2.05) is 6.92 Å². The minimum absolute atomic E-state index is 0.380. The maximum absolute atomic E-state index is 4.64. The number of nitrogens with zero attached hydrogens (tertiary/aromatic N) is 4. The summed E-state index contributed by atoms with van der Waals surface area (Å²) in [5.41, 5.74) is 1.65. The van der Waals surface area contributed by atoms with Gasteiger partial charge < -0.3 is 4.52 Å². The smallest absolute Gasteiger partial charge is 0.297 e. The van der Waals surface area contributed by atoms with Crippen LogP contribution in [0.4, 0.5) is 0 Å². The summed E-state index contributed by atoms with van der Waals surface area (Å²) in [4.78, 5) is 7.89. The van der Waals surface area contributed by atoms with E-state index in [1.165, 1.54) is 0 Å². The molecule has 0 N–H and O–H groups in total. The summed E-state index contributed by atoms with van der Waals surface area (Å²) in [7, 11) is 0. The third-order valence-electron chi connectivity index (χ3n) is 1.11. The van der Waals surface area contributed by atoms with Crippen molar-refractivity contribution in [3.05, 3.63) is 11.9 Å². The molecular formula is C5H4N4O. The molecule has 5 heteroatoms. The first-order chi connectivity index (χ1) is 4.86. The highest BCUT2D eigenvalue weighted by molar-refractivity contribution is 5.59. The van der Waals surface area contributed by atoms with Gasteiger partial charge in [0.05, 0.1) is 11.9 Å². The van der Waals surface area contributed by atoms with Gasteiger partial charge >= 0.3 is 0 Å². The summed E-state index contributed by atoms with van der Waals surface area (Å²) in [6, 6.07) is 0. The summed E-state index contributed by atoms with van der Waals surface area (Å²) in [5.74, 6) is 0. The molecule has 2 aromatic rings. The lowest BCUT2D eigenvalue weighted by Crippen LogP contribution is -1.83. The molecule has 0 bridgehead atoms. The molecule has 10 heavy (non-hydrogen) atoms. The van der Waals surface area contributed by atoms with Crippen LogP contribution in [0.3, 0.4) is 0 Å². The lowest BCUT2D eigenvalue weighted by atomic mass is 10.5. The molecular weight excluding hydrogens is 132 g/mol. The Hall–Kier alpha value is -1.52. The Kier molecular flexibility index (Phi) is 0.913. The molecule has 0 aliphatic carbocycles. The van der Waals surface area contributed by atoms with E-state index in [9.17, 15) is 0 Å². The molecule has 50 valence electrons. The van der Waals surface area contributed by atoms with E-state index in [2.05, 4.69) is 24.9 Å². The fourth-order valence-electron chi connectivity index (χ4n) is 0.681. The molecule has 0 unspecified atom stereocenters. The van der Waals surface area contributed by atoms with E-state index in [0.29, 0.717) is 11.4 Å². The molecule has 0 radical (unpaired) electrons. The van der Waals surface area contributed by atoms with Gasteiger partial charge in [-0.25, -0.2) is 9.97 Å². The Morgan fingerprint density at radius 2 is 2.40 bits per heavy atom. The van der Waals surface area contributed by atoms with Gasteiger partial charge in [-0.3, -0.25) is 0 Å². The van der Waals surface area contributed by atoms with E-state index < -0.39 is 0 Å². The summed E-state index contributed by atoms with van der Waals surface area (Å²) in [5, 5.41) is 6.88. The Labute approximate surface area is 56.1 Å². The van der Waals surface area contributed by atoms with E-state index in [-0.39, 0.29) is 0 Å². The molecule has 0 atom stereocenters. The summed E-state index contributed by atoms with van der Waals surface area (Å²) in [6.07, 6.45) is 1.61. The molecule has 0 saturated heterocycles. The highest BCUT2D eigenvalue weighted by Gasteiger charge is 2.00. The Balaban J connectivity index is 2.86. The van der Waals surface area contributed by atoms with Crippen LogP contribution in [0.1, 0.15) is 5.69 Å². The van der Waals surface area contributed by atoms with E-state index in [0.717, 1.165) is 5.69 Å². The largest absolute Gasteiger partial charge is 0.314 e. The fourth-order valence-corrected chi connectivity index (χ4v) is 0.681.